The number of nitrogens with zero attached hydrogens (tertiary/aromatic N) is 1. The lowest BCUT2D eigenvalue weighted by Crippen LogP contribution is -2.47. The van der Waals surface area contributed by atoms with Crippen LogP contribution in [0.25, 0.3) is 0 Å². The smallest absolute Gasteiger partial charge is 0.409 e. The fourth-order valence-electron chi connectivity index (χ4n) is 3.04. The molecule has 1 aromatic carbocycles. The first-order valence-corrected chi connectivity index (χ1v) is 9.05. The van der Waals surface area contributed by atoms with Crippen LogP contribution < -0.4 is 10.6 Å². The molecule has 2 rings (SSSR count). The molecule has 0 unspecified atom stereocenters. The SMILES string of the molecule is CCOC(=O)N1CCC(NC(=O)CNc2ccccc2C(C)C)CC1. The first-order valence-electron chi connectivity index (χ1n) is 9.05. The van der Waals surface area contributed by atoms with Gasteiger partial charge in [-0.05, 0) is 37.3 Å². The van der Waals surface area contributed by atoms with Crippen molar-refractivity contribution >= 4 is 17.7 Å². The minimum Gasteiger partial charge on any atom is -0.450 e. The second-order valence-electron chi connectivity index (χ2n) is 6.62. The maximum absolute atomic E-state index is 12.2. The third-order valence-electron chi connectivity index (χ3n) is 4.41. The lowest BCUT2D eigenvalue weighted by Gasteiger charge is -2.31. The van der Waals surface area contributed by atoms with Crippen molar-refractivity contribution in [2.24, 2.45) is 0 Å². The number of para-hydroxylation sites is 1. The Morgan fingerprint density at radius 1 is 1.24 bits per heavy atom. The van der Waals surface area contributed by atoms with Crippen molar-refractivity contribution in [2.75, 3.05) is 31.6 Å². The fraction of sp³-hybridized carbons (Fsp3) is 0.579. The Bertz CT molecular complexity index is 581. The average Bonchev–Trinajstić information content (AvgIpc) is 2.61. The van der Waals surface area contributed by atoms with Crippen LogP contribution in [0, 0.1) is 0 Å². The molecule has 1 aliphatic heterocycles. The highest BCUT2D eigenvalue weighted by atomic mass is 16.6. The van der Waals surface area contributed by atoms with E-state index in [1.54, 1.807) is 11.8 Å². The molecule has 0 aromatic heterocycles. The molecule has 138 valence electrons. The summed E-state index contributed by atoms with van der Waals surface area (Å²) in [6, 6.07) is 8.17. The molecule has 1 aliphatic rings. The summed E-state index contributed by atoms with van der Waals surface area (Å²) in [7, 11) is 0. The van der Waals surface area contributed by atoms with Gasteiger partial charge in [-0.2, -0.15) is 0 Å². The lowest BCUT2D eigenvalue weighted by molar-refractivity contribution is -0.120. The van der Waals surface area contributed by atoms with E-state index in [4.69, 9.17) is 4.74 Å². The van der Waals surface area contributed by atoms with Crippen LogP contribution in [-0.4, -0.2) is 49.2 Å². The van der Waals surface area contributed by atoms with Gasteiger partial charge >= 0.3 is 6.09 Å². The summed E-state index contributed by atoms with van der Waals surface area (Å²) in [5.74, 6) is 0.382. The first kappa shape index (κ1) is 19.1. The number of carbonyl (C=O) groups is 2. The van der Waals surface area contributed by atoms with E-state index in [9.17, 15) is 9.59 Å². The highest BCUT2D eigenvalue weighted by Crippen LogP contribution is 2.23. The van der Waals surface area contributed by atoms with Gasteiger partial charge in [0.1, 0.15) is 0 Å². The lowest BCUT2D eigenvalue weighted by atomic mass is 10.0. The molecule has 0 bridgehead atoms. The molecule has 2 N–H and O–H groups in total. The maximum atomic E-state index is 12.2. The van der Waals surface area contributed by atoms with Crippen molar-refractivity contribution in [1.82, 2.24) is 10.2 Å². The third-order valence-corrected chi connectivity index (χ3v) is 4.41. The zero-order valence-corrected chi connectivity index (χ0v) is 15.4. The summed E-state index contributed by atoms with van der Waals surface area (Å²) in [6.45, 7) is 7.95. The van der Waals surface area contributed by atoms with Crippen molar-refractivity contribution in [2.45, 2.75) is 45.6 Å². The van der Waals surface area contributed by atoms with Crippen molar-refractivity contribution in [3.8, 4) is 0 Å². The van der Waals surface area contributed by atoms with Gasteiger partial charge in [0.15, 0.2) is 0 Å². The van der Waals surface area contributed by atoms with Crippen LogP contribution in [-0.2, 0) is 9.53 Å². The molecule has 1 aromatic rings. The Morgan fingerprint density at radius 3 is 2.56 bits per heavy atom. The molecule has 0 spiro atoms. The van der Waals surface area contributed by atoms with E-state index in [1.807, 2.05) is 18.2 Å². The number of hydrogen-bond acceptors (Lipinski definition) is 4. The number of rotatable bonds is 6. The molecule has 0 atom stereocenters. The normalized spacial score (nSPS) is 15.1. The predicted molar refractivity (Wildman–Crippen MR) is 98.8 cm³/mol. The molecule has 1 fully saturated rings. The van der Waals surface area contributed by atoms with Gasteiger partial charge in [0, 0.05) is 24.8 Å². The van der Waals surface area contributed by atoms with Crippen LogP contribution >= 0.6 is 0 Å². The van der Waals surface area contributed by atoms with E-state index in [2.05, 4.69) is 30.5 Å². The van der Waals surface area contributed by atoms with E-state index >= 15 is 0 Å². The Kier molecular flexibility index (Phi) is 7.10. The topological polar surface area (TPSA) is 70.7 Å². The fourth-order valence-corrected chi connectivity index (χ4v) is 3.04. The van der Waals surface area contributed by atoms with Gasteiger partial charge < -0.3 is 20.3 Å². The molecule has 0 aliphatic carbocycles. The number of likely N-dealkylation sites (tertiary alicyclic amines) is 1. The summed E-state index contributed by atoms with van der Waals surface area (Å²) in [6.07, 6.45) is 1.25. The van der Waals surface area contributed by atoms with Gasteiger partial charge in [-0.3, -0.25) is 4.79 Å². The second kappa shape index (κ2) is 9.30. The van der Waals surface area contributed by atoms with Gasteiger partial charge in [-0.25, -0.2) is 4.79 Å². The number of piperidine rings is 1. The number of benzene rings is 1. The maximum Gasteiger partial charge on any atom is 0.409 e. The van der Waals surface area contributed by atoms with E-state index in [-0.39, 0.29) is 24.6 Å². The summed E-state index contributed by atoms with van der Waals surface area (Å²) in [5.41, 5.74) is 2.21. The van der Waals surface area contributed by atoms with Gasteiger partial charge in [-0.1, -0.05) is 32.0 Å². The third kappa shape index (κ3) is 5.66. The van der Waals surface area contributed by atoms with Gasteiger partial charge in [0.25, 0.3) is 0 Å². The minimum atomic E-state index is -0.265. The van der Waals surface area contributed by atoms with Crippen LogP contribution in [0.4, 0.5) is 10.5 Å². The summed E-state index contributed by atoms with van der Waals surface area (Å²) in [5, 5.41) is 6.28. The molecular formula is C19H29N3O3. The zero-order chi connectivity index (χ0) is 18.2. The standard InChI is InChI=1S/C19H29N3O3/c1-4-25-19(24)22-11-9-15(10-12-22)21-18(23)13-20-17-8-6-5-7-16(17)14(2)3/h5-8,14-15,20H,4,9-13H2,1-3H3,(H,21,23). The van der Waals surface area contributed by atoms with Crippen LogP contribution in [0.2, 0.25) is 0 Å². The van der Waals surface area contributed by atoms with E-state index < -0.39 is 0 Å². The number of amides is 2. The van der Waals surface area contributed by atoms with Gasteiger partial charge in [0.05, 0.1) is 13.2 Å². The average molecular weight is 347 g/mol. The molecule has 0 radical (unpaired) electrons. The molecule has 1 heterocycles. The van der Waals surface area contributed by atoms with Crippen molar-refractivity contribution in [1.29, 1.82) is 0 Å². The molecular weight excluding hydrogens is 318 g/mol. The van der Waals surface area contributed by atoms with Crippen LogP contribution in [0.5, 0.6) is 0 Å². The predicted octanol–water partition coefficient (Wildman–Crippen LogP) is 2.96. The van der Waals surface area contributed by atoms with Crippen molar-refractivity contribution in [3.05, 3.63) is 29.8 Å². The molecule has 6 nitrogen and oxygen atoms in total. The Hall–Kier alpha value is -2.24. The monoisotopic (exact) mass is 347 g/mol. The van der Waals surface area contributed by atoms with Gasteiger partial charge in [-0.15, -0.1) is 0 Å². The first-order chi connectivity index (χ1) is 12.0. The number of carbonyl (C=O) groups excluding carboxylic acids is 2. The van der Waals surface area contributed by atoms with Gasteiger partial charge in [0.2, 0.25) is 5.91 Å². The number of anilines is 1. The van der Waals surface area contributed by atoms with E-state index in [0.29, 0.717) is 25.6 Å². The minimum absolute atomic E-state index is 0.0202. The largest absolute Gasteiger partial charge is 0.450 e. The Labute approximate surface area is 149 Å². The summed E-state index contributed by atoms with van der Waals surface area (Å²) in [4.78, 5) is 25.6. The van der Waals surface area contributed by atoms with Crippen molar-refractivity contribution in [3.63, 3.8) is 0 Å². The highest BCUT2D eigenvalue weighted by molar-refractivity contribution is 5.81. The molecule has 6 heteroatoms. The highest BCUT2D eigenvalue weighted by Gasteiger charge is 2.24. The van der Waals surface area contributed by atoms with E-state index in [1.165, 1.54) is 5.56 Å². The van der Waals surface area contributed by atoms with E-state index in [0.717, 1.165) is 18.5 Å². The van der Waals surface area contributed by atoms with Crippen molar-refractivity contribution < 1.29 is 14.3 Å². The summed E-state index contributed by atoms with van der Waals surface area (Å²) < 4.78 is 5.01. The Morgan fingerprint density at radius 2 is 1.92 bits per heavy atom. The Balaban J connectivity index is 1.76. The quantitative estimate of drug-likeness (QED) is 0.830. The summed E-state index contributed by atoms with van der Waals surface area (Å²) >= 11 is 0. The molecule has 2 amide bonds. The number of hydrogen-bond donors (Lipinski definition) is 2. The number of ether oxygens (including phenoxy) is 1. The van der Waals surface area contributed by atoms with Crippen LogP contribution in [0.15, 0.2) is 24.3 Å². The van der Waals surface area contributed by atoms with Crippen LogP contribution in [0.1, 0.15) is 45.1 Å². The second-order valence-corrected chi connectivity index (χ2v) is 6.62. The van der Waals surface area contributed by atoms with Crippen LogP contribution in [0.3, 0.4) is 0 Å². The zero-order valence-electron chi connectivity index (χ0n) is 15.4. The molecule has 0 saturated carbocycles. The molecule has 25 heavy (non-hydrogen) atoms. The molecule has 1 saturated heterocycles. The number of nitrogens with one attached hydrogen (secondary N) is 2.